The molecule has 1 aliphatic heterocycles. The number of ether oxygens (including phenoxy) is 1. The van der Waals surface area contributed by atoms with E-state index in [4.69, 9.17) is 4.74 Å². The van der Waals surface area contributed by atoms with Crippen molar-refractivity contribution in [3.8, 4) is 5.75 Å². The molecule has 100 valence electrons. The normalized spacial score (nSPS) is 19.4. The number of para-hydroxylation sites is 1. The number of benzene rings is 1. The average molecular weight is 259 g/mol. The monoisotopic (exact) mass is 259 g/mol. The Hall–Kier alpha value is -2.10. The van der Waals surface area contributed by atoms with E-state index >= 15 is 0 Å². The Morgan fingerprint density at radius 2 is 1.84 bits per heavy atom. The molecule has 0 bridgehead atoms. The summed E-state index contributed by atoms with van der Waals surface area (Å²) in [6, 6.07) is 9.08. The first-order valence-electron chi connectivity index (χ1n) is 6.44. The van der Waals surface area contributed by atoms with Gasteiger partial charge in [0.15, 0.2) is 0 Å². The molecule has 0 fully saturated rings. The summed E-state index contributed by atoms with van der Waals surface area (Å²) in [5.41, 5.74) is 0.524. The summed E-state index contributed by atoms with van der Waals surface area (Å²) in [6.45, 7) is 4.13. The third-order valence-corrected chi connectivity index (χ3v) is 3.12. The highest BCUT2D eigenvalue weighted by Gasteiger charge is 2.35. The van der Waals surface area contributed by atoms with E-state index in [-0.39, 0.29) is 11.7 Å². The van der Waals surface area contributed by atoms with E-state index in [9.17, 15) is 9.59 Å². The molecular weight excluding hydrogens is 242 g/mol. The second-order valence-electron chi connectivity index (χ2n) is 4.29. The van der Waals surface area contributed by atoms with Crippen LogP contribution in [0.3, 0.4) is 0 Å². The molecule has 0 N–H and O–H groups in total. The van der Waals surface area contributed by atoms with Crippen molar-refractivity contribution in [3.05, 3.63) is 42.0 Å². The molecule has 1 aromatic rings. The number of likely N-dealkylation sites (N-methyl/N-ethyl adjacent to an activating group) is 1. The molecule has 4 nitrogen and oxygen atoms in total. The smallest absolute Gasteiger partial charge is 0.250 e. The molecule has 0 aromatic heterocycles. The van der Waals surface area contributed by atoms with Crippen molar-refractivity contribution in [2.45, 2.75) is 26.5 Å². The minimum absolute atomic E-state index is 0.132. The highest BCUT2D eigenvalue weighted by Crippen LogP contribution is 2.21. The van der Waals surface area contributed by atoms with Gasteiger partial charge in [0, 0.05) is 18.2 Å². The van der Waals surface area contributed by atoms with E-state index in [1.807, 2.05) is 32.0 Å². The van der Waals surface area contributed by atoms with Gasteiger partial charge >= 0.3 is 0 Å². The van der Waals surface area contributed by atoms with Crippen LogP contribution in [0, 0.1) is 0 Å². The highest BCUT2D eigenvalue weighted by atomic mass is 16.5. The molecular formula is C15H17NO3. The fourth-order valence-corrected chi connectivity index (χ4v) is 2.06. The summed E-state index contributed by atoms with van der Waals surface area (Å²) in [4.78, 5) is 25.7. The van der Waals surface area contributed by atoms with Gasteiger partial charge in [0.05, 0.1) is 0 Å². The third-order valence-electron chi connectivity index (χ3n) is 3.12. The third kappa shape index (κ3) is 2.67. The lowest BCUT2D eigenvalue weighted by Gasteiger charge is -2.32. The summed E-state index contributed by atoms with van der Waals surface area (Å²) in [6.07, 6.45) is 1.10. The van der Waals surface area contributed by atoms with Gasteiger partial charge < -0.3 is 4.74 Å². The SMILES string of the molecule is CCC1=CC(=O)N(CC)C(Oc2ccccc2)C1=O. The number of carbonyl (C=O) groups excluding carboxylic acids is 2. The molecule has 2 rings (SSSR count). The van der Waals surface area contributed by atoms with Crippen molar-refractivity contribution in [1.82, 2.24) is 4.90 Å². The number of carbonyl (C=O) groups is 2. The Labute approximate surface area is 112 Å². The molecule has 1 aliphatic rings. The van der Waals surface area contributed by atoms with Gasteiger partial charge in [-0.2, -0.15) is 0 Å². The van der Waals surface area contributed by atoms with Gasteiger partial charge in [0.2, 0.25) is 17.9 Å². The van der Waals surface area contributed by atoms with Crippen LogP contribution >= 0.6 is 0 Å². The highest BCUT2D eigenvalue weighted by molar-refractivity contribution is 6.09. The van der Waals surface area contributed by atoms with E-state index in [0.29, 0.717) is 24.3 Å². The maximum Gasteiger partial charge on any atom is 0.250 e. The van der Waals surface area contributed by atoms with E-state index in [0.717, 1.165) is 0 Å². The zero-order chi connectivity index (χ0) is 13.8. The topological polar surface area (TPSA) is 46.6 Å². The number of hydrogen-bond donors (Lipinski definition) is 0. The minimum atomic E-state index is -0.847. The molecule has 0 aliphatic carbocycles. The summed E-state index contributed by atoms with van der Waals surface area (Å²) in [5, 5.41) is 0. The maximum atomic E-state index is 12.3. The number of rotatable bonds is 4. The Morgan fingerprint density at radius 3 is 2.42 bits per heavy atom. The van der Waals surface area contributed by atoms with E-state index < -0.39 is 6.23 Å². The van der Waals surface area contributed by atoms with E-state index in [2.05, 4.69) is 0 Å². The first-order valence-corrected chi connectivity index (χ1v) is 6.44. The van der Waals surface area contributed by atoms with Gasteiger partial charge in [-0.3, -0.25) is 14.5 Å². The largest absolute Gasteiger partial charge is 0.463 e. The molecule has 1 unspecified atom stereocenters. The van der Waals surface area contributed by atoms with Crippen molar-refractivity contribution in [2.24, 2.45) is 0 Å². The van der Waals surface area contributed by atoms with E-state index in [1.165, 1.54) is 11.0 Å². The summed E-state index contributed by atoms with van der Waals surface area (Å²) in [5.74, 6) is 0.289. The molecule has 1 aromatic carbocycles. The Kier molecular flexibility index (Phi) is 4.00. The Balaban J connectivity index is 2.28. The number of ketones is 1. The van der Waals surface area contributed by atoms with Gasteiger partial charge in [-0.05, 0) is 25.5 Å². The van der Waals surface area contributed by atoms with Crippen LogP contribution in [0.5, 0.6) is 5.75 Å². The lowest BCUT2D eigenvalue weighted by molar-refractivity contribution is -0.146. The van der Waals surface area contributed by atoms with Crippen molar-refractivity contribution in [3.63, 3.8) is 0 Å². The second-order valence-corrected chi connectivity index (χ2v) is 4.29. The number of hydrogen-bond acceptors (Lipinski definition) is 3. The zero-order valence-corrected chi connectivity index (χ0v) is 11.1. The second kappa shape index (κ2) is 5.69. The lowest BCUT2D eigenvalue weighted by Crippen LogP contribution is -2.51. The number of Topliss-reactive ketones (excluding diaryl/α,β-unsaturated/α-hetero) is 1. The van der Waals surface area contributed by atoms with Crippen LogP contribution in [0.15, 0.2) is 42.0 Å². The molecule has 0 spiro atoms. The molecule has 0 radical (unpaired) electrons. The van der Waals surface area contributed by atoms with Gasteiger partial charge in [0.1, 0.15) is 5.75 Å². The fourth-order valence-electron chi connectivity index (χ4n) is 2.06. The number of nitrogens with zero attached hydrogens (tertiary/aromatic N) is 1. The quantitative estimate of drug-likeness (QED) is 0.832. The van der Waals surface area contributed by atoms with E-state index in [1.54, 1.807) is 12.1 Å². The van der Waals surface area contributed by atoms with Crippen molar-refractivity contribution < 1.29 is 14.3 Å². The van der Waals surface area contributed by atoms with Gasteiger partial charge in [-0.15, -0.1) is 0 Å². The molecule has 0 saturated carbocycles. The van der Waals surface area contributed by atoms with Gasteiger partial charge in [-0.1, -0.05) is 25.1 Å². The molecule has 4 heteroatoms. The van der Waals surface area contributed by atoms with Crippen LogP contribution < -0.4 is 4.74 Å². The van der Waals surface area contributed by atoms with Crippen molar-refractivity contribution in [1.29, 1.82) is 0 Å². The predicted molar refractivity (Wildman–Crippen MR) is 71.6 cm³/mol. The van der Waals surface area contributed by atoms with Crippen molar-refractivity contribution in [2.75, 3.05) is 6.54 Å². The van der Waals surface area contributed by atoms with Crippen LogP contribution in [-0.4, -0.2) is 29.4 Å². The predicted octanol–water partition coefficient (Wildman–Crippen LogP) is 2.16. The number of amides is 1. The Bertz CT molecular complexity index is 507. The molecule has 1 heterocycles. The molecule has 0 saturated heterocycles. The van der Waals surface area contributed by atoms with Gasteiger partial charge in [0.25, 0.3) is 0 Å². The lowest BCUT2D eigenvalue weighted by atomic mass is 10.0. The van der Waals surface area contributed by atoms with Crippen LogP contribution in [-0.2, 0) is 9.59 Å². The fraction of sp³-hybridized carbons (Fsp3) is 0.333. The maximum absolute atomic E-state index is 12.3. The van der Waals surface area contributed by atoms with Gasteiger partial charge in [-0.25, -0.2) is 0 Å². The summed E-state index contributed by atoms with van der Waals surface area (Å²) in [7, 11) is 0. The van der Waals surface area contributed by atoms with Crippen LogP contribution in [0.25, 0.3) is 0 Å². The van der Waals surface area contributed by atoms with Crippen LogP contribution in [0.4, 0.5) is 0 Å². The zero-order valence-electron chi connectivity index (χ0n) is 11.1. The Morgan fingerprint density at radius 1 is 1.16 bits per heavy atom. The van der Waals surface area contributed by atoms with Crippen LogP contribution in [0.2, 0.25) is 0 Å². The molecule has 1 atom stereocenters. The van der Waals surface area contributed by atoms with Crippen LogP contribution in [0.1, 0.15) is 20.3 Å². The summed E-state index contributed by atoms with van der Waals surface area (Å²) >= 11 is 0. The first-order chi connectivity index (χ1) is 9.17. The minimum Gasteiger partial charge on any atom is -0.463 e. The summed E-state index contributed by atoms with van der Waals surface area (Å²) < 4.78 is 5.69. The molecule has 19 heavy (non-hydrogen) atoms. The average Bonchev–Trinajstić information content (AvgIpc) is 2.44. The van der Waals surface area contributed by atoms with Crippen molar-refractivity contribution >= 4 is 11.7 Å². The standard InChI is InChI=1S/C15H17NO3/c1-3-11-10-13(17)16(4-2)15(14(11)18)19-12-8-6-5-7-9-12/h5-10,15H,3-4H2,1-2H3. The molecule has 1 amide bonds. The first kappa shape index (κ1) is 13.3.